The quantitative estimate of drug-likeness (QED) is 0.828. The van der Waals surface area contributed by atoms with Gasteiger partial charge in [-0.05, 0) is 24.5 Å². The summed E-state index contributed by atoms with van der Waals surface area (Å²) < 4.78 is 6.85. The van der Waals surface area contributed by atoms with E-state index in [1.165, 1.54) is 7.11 Å². The van der Waals surface area contributed by atoms with Crippen LogP contribution in [0.1, 0.15) is 42.5 Å². The standard InChI is InChI=1S/C15H21NO3/c1-7-11(9(2)3)14-12(10(4)19-6)8-13(15(17)18)16(14)5/h7-9H,4H2,1-3,5-6H3,(H,17,18)/b11-7-. The predicted molar refractivity (Wildman–Crippen MR) is 76.9 cm³/mol. The van der Waals surface area contributed by atoms with Crippen molar-refractivity contribution >= 4 is 17.3 Å². The first-order chi connectivity index (χ1) is 8.84. The molecule has 1 heterocycles. The van der Waals surface area contributed by atoms with Crippen molar-refractivity contribution in [2.24, 2.45) is 13.0 Å². The zero-order chi connectivity index (χ0) is 14.7. The van der Waals surface area contributed by atoms with Crippen molar-refractivity contribution in [1.82, 2.24) is 4.57 Å². The lowest BCUT2D eigenvalue weighted by molar-refractivity contribution is 0.0686. The van der Waals surface area contributed by atoms with Crippen LogP contribution < -0.4 is 0 Å². The van der Waals surface area contributed by atoms with Gasteiger partial charge in [0.05, 0.1) is 12.8 Å². The van der Waals surface area contributed by atoms with Gasteiger partial charge in [-0.25, -0.2) is 4.79 Å². The third kappa shape index (κ3) is 2.72. The average Bonchev–Trinajstić information content (AvgIpc) is 2.67. The van der Waals surface area contributed by atoms with E-state index in [1.807, 2.05) is 13.0 Å². The van der Waals surface area contributed by atoms with E-state index in [9.17, 15) is 9.90 Å². The topological polar surface area (TPSA) is 51.5 Å². The van der Waals surface area contributed by atoms with E-state index in [1.54, 1.807) is 17.7 Å². The van der Waals surface area contributed by atoms with Crippen LogP contribution in [0.4, 0.5) is 0 Å². The summed E-state index contributed by atoms with van der Waals surface area (Å²) in [6.45, 7) is 9.93. The number of nitrogens with zero attached hydrogens (tertiary/aromatic N) is 1. The molecule has 1 aromatic rings. The molecular weight excluding hydrogens is 242 g/mol. The Balaban J connectivity index is 3.60. The van der Waals surface area contributed by atoms with Crippen molar-refractivity contribution in [3.8, 4) is 0 Å². The molecule has 1 rings (SSSR count). The van der Waals surface area contributed by atoms with Crippen LogP contribution in [0.3, 0.4) is 0 Å². The molecule has 0 aliphatic carbocycles. The molecule has 0 aliphatic heterocycles. The van der Waals surface area contributed by atoms with Gasteiger partial charge in [-0.2, -0.15) is 0 Å². The lowest BCUT2D eigenvalue weighted by Gasteiger charge is -2.16. The van der Waals surface area contributed by atoms with Gasteiger partial charge in [0, 0.05) is 12.6 Å². The second-order valence-corrected chi connectivity index (χ2v) is 4.68. The Hall–Kier alpha value is -1.97. The van der Waals surface area contributed by atoms with Crippen LogP contribution in [0.25, 0.3) is 11.3 Å². The number of hydrogen-bond acceptors (Lipinski definition) is 2. The summed E-state index contributed by atoms with van der Waals surface area (Å²) in [6, 6.07) is 1.61. The van der Waals surface area contributed by atoms with E-state index in [4.69, 9.17) is 4.74 Å². The second kappa shape index (κ2) is 5.78. The number of hydrogen-bond donors (Lipinski definition) is 1. The van der Waals surface area contributed by atoms with Gasteiger partial charge in [0.25, 0.3) is 0 Å². The highest BCUT2D eigenvalue weighted by Crippen LogP contribution is 2.32. The van der Waals surface area contributed by atoms with Gasteiger partial charge in [0.1, 0.15) is 11.5 Å². The minimum atomic E-state index is -0.960. The molecule has 104 valence electrons. The van der Waals surface area contributed by atoms with Gasteiger partial charge in [0.2, 0.25) is 0 Å². The van der Waals surface area contributed by atoms with Gasteiger partial charge >= 0.3 is 5.97 Å². The first-order valence-corrected chi connectivity index (χ1v) is 6.17. The van der Waals surface area contributed by atoms with Gasteiger partial charge in [-0.1, -0.05) is 26.5 Å². The number of rotatable bonds is 5. The highest BCUT2D eigenvalue weighted by molar-refractivity contribution is 5.90. The molecule has 1 N–H and O–H groups in total. The Morgan fingerprint density at radius 1 is 1.53 bits per heavy atom. The SMILES string of the molecule is C=C(OC)c1cc(C(=O)O)n(C)c1/C(=C\C)C(C)C. The Kier molecular flexibility index (Phi) is 4.59. The van der Waals surface area contributed by atoms with E-state index in [0.29, 0.717) is 5.76 Å². The minimum absolute atomic E-state index is 0.225. The highest BCUT2D eigenvalue weighted by Gasteiger charge is 2.22. The summed E-state index contributed by atoms with van der Waals surface area (Å²) in [6.07, 6.45) is 2.00. The molecule has 1 aromatic heterocycles. The average molecular weight is 263 g/mol. The van der Waals surface area contributed by atoms with Crippen LogP contribution in [0.15, 0.2) is 18.7 Å². The van der Waals surface area contributed by atoms with Crippen LogP contribution in [0.5, 0.6) is 0 Å². The first-order valence-electron chi connectivity index (χ1n) is 6.17. The van der Waals surface area contributed by atoms with Crippen molar-refractivity contribution in [3.05, 3.63) is 35.7 Å². The minimum Gasteiger partial charge on any atom is -0.497 e. The normalized spacial score (nSPS) is 11.8. The molecule has 0 spiro atoms. The molecule has 0 aliphatic rings. The Labute approximate surface area is 114 Å². The van der Waals surface area contributed by atoms with Gasteiger partial charge in [-0.15, -0.1) is 0 Å². The largest absolute Gasteiger partial charge is 0.497 e. The van der Waals surface area contributed by atoms with Crippen LogP contribution in [-0.2, 0) is 11.8 Å². The number of methoxy groups -OCH3 is 1. The number of carboxylic acids is 1. The van der Waals surface area contributed by atoms with Gasteiger partial charge in [0.15, 0.2) is 0 Å². The fourth-order valence-corrected chi connectivity index (χ4v) is 2.22. The molecule has 4 heteroatoms. The fourth-order valence-electron chi connectivity index (χ4n) is 2.22. The van der Waals surface area contributed by atoms with Crippen LogP contribution in [-0.4, -0.2) is 22.8 Å². The molecule has 0 atom stereocenters. The lowest BCUT2D eigenvalue weighted by Crippen LogP contribution is -2.08. The molecule has 0 fully saturated rings. The summed E-state index contributed by atoms with van der Waals surface area (Å²) in [5, 5.41) is 9.24. The Morgan fingerprint density at radius 2 is 2.11 bits per heavy atom. The Morgan fingerprint density at radius 3 is 2.47 bits per heavy atom. The zero-order valence-electron chi connectivity index (χ0n) is 12.2. The maximum absolute atomic E-state index is 11.3. The maximum atomic E-state index is 11.3. The zero-order valence-corrected chi connectivity index (χ0v) is 12.2. The number of aromatic carboxylic acids is 1. The Bertz CT molecular complexity index is 536. The molecule has 0 saturated heterocycles. The summed E-state index contributed by atoms with van der Waals surface area (Å²) in [5.74, 6) is -0.208. The predicted octanol–water partition coefficient (Wildman–Crippen LogP) is 3.40. The third-order valence-electron chi connectivity index (χ3n) is 3.21. The molecule has 4 nitrogen and oxygen atoms in total. The molecule has 0 aromatic carbocycles. The van der Waals surface area contributed by atoms with Crippen molar-refractivity contribution in [3.63, 3.8) is 0 Å². The molecule has 0 unspecified atom stereocenters. The number of carboxylic acid groups (broad SMARTS) is 1. The third-order valence-corrected chi connectivity index (χ3v) is 3.21. The smallest absolute Gasteiger partial charge is 0.352 e. The lowest BCUT2D eigenvalue weighted by atomic mass is 9.96. The van der Waals surface area contributed by atoms with Crippen LogP contribution in [0.2, 0.25) is 0 Å². The van der Waals surface area contributed by atoms with E-state index in [0.717, 1.165) is 16.8 Å². The van der Waals surface area contributed by atoms with E-state index in [-0.39, 0.29) is 11.6 Å². The molecular formula is C15H21NO3. The van der Waals surface area contributed by atoms with Gasteiger partial charge in [-0.3, -0.25) is 0 Å². The number of ether oxygens (including phenoxy) is 1. The maximum Gasteiger partial charge on any atom is 0.352 e. The molecule has 0 radical (unpaired) electrons. The number of carbonyl (C=O) groups is 1. The van der Waals surface area contributed by atoms with Crippen molar-refractivity contribution in [2.45, 2.75) is 20.8 Å². The van der Waals surface area contributed by atoms with E-state index in [2.05, 4.69) is 20.4 Å². The van der Waals surface area contributed by atoms with Crippen molar-refractivity contribution in [1.29, 1.82) is 0 Å². The van der Waals surface area contributed by atoms with Crippen molar-refractivity contribution < 1.29 is 14.6 Å². The molecule has 0 bridgehead atoms. The fraction of sp³-hybridized carbons (Fsp3) is 0.400. The number of allylic oxidation sites excluding steroid dienone is 2. The van der Waals surface area contributed by atoms with Crippen LogP contribution in [0, 0.1) is 5.92 Å². The van der Waals surface area contributed by atoms with Gasteiger partial charge < -0.3 is 14.4 Å². The van der Waals surface area contributed by atoms with Crippen LogP contribution >= 0.6 is 0 Å². The molecule has 19 heavy (non-hydrogen) atoms. The first kappa shape index (κ1) is 15.1. The summed E-state index contributed by atoms with van der Waals surface area (Å²) in [4.78, 5) is 11.3. The highest BCUT2D eigenvalue weighted by atomic mass is 16.5. The molecule has 0 amide bonds. The number of aromatic nitrogens is 1. The van der Waals surface area contributed by atoms with Crippen molar-refractivity contribution in [2.75, 3.05) is 7.11 Å². The summed E-state index contributed by atoms with van der Waals surface area (Å²) in [7, 11) is 3.28. The van der Waals surface area contributed by atoms with E-state index < -0.39 is 5.97 Å². The molecule has 0 saturated carbocycles. The monoisotopic (exact) mass is 263 g/mol. The second-order valence-electron chi connectivity index (χ2n) is 4.68. The summed E-state index contributed by atoms with van der Waals surface area (Å²) in [5.41, 5.74) is 2.87. The van der Waals surface area contributed by atoms with E-state index >= 15 is 0 Å². The summed E-state index contributed by atoms with van der Waals surface area (Å²) >= 11 is 0.